The number of nitrogens with one attached hydrogen (secondary N) is 1. The zero-order valence-corrected chi connectivity index (χ0v) is 22.7. The van der Waals surface area contributed by atoms with E-state index >= 15 is 0 Å². The summed E-state index contributed by atoms with van der Waals surface area (Å²) in [6.45, 7) is 6.92. The van der Waals surface area contributed by atoms with Crippen molar-refractivity contribution in [1.82, 2.24) is 19.9 Å². The van der Waals surface area contributed by atoms with Gasteiger partial charge in [-0.15, -0.1) is 11.3 Å². The molecule has 1 unspecified atom stereocenters. The SMILES string of the molecule is COc1cc(C(=O)N2CCN(c3nc4ccccc4[nH]3)CC2(Cc2cscn2)C(=O)O)ccc1C(C)(C)C. The molecule has 1 atom stereocenters. The third-order valence-corrected chi connectivity index (χ3v) is 7.73. The van der Waals surface area contributed by atoms with Crippen LogP contribution in [0.5, 0.6) is 5.75 Å². The number of anilines is 1. The Kier molecular flexibility index (Phi) is 6.60. The van der Waals surface area contributed by atoms with Gasteiger partial charge in [-0.1, -0.05) is 39.0 Å². The zero-order chi connectivity index (χ0) is 27.1. The first-order valence-electron chi connectivity index (χ1n) is 12.4. The molecule has 2 aromatic heterocycles. The fraction of sp³-hybridized carbons (Fsp3) is 0.357. The molecule has 38 heavy (non-hydrogen) atoms. The molecule has 198 valence electrons. The number of carbonyl (C=O) groups is 2. The third-order valence-electron chi connectivity index (χ3n) is 7.10. The first-order valence-corrected chi connectivity index (χ1v) is 13.4. The lowest BCUT2D eigenvalue weighted by molar-refractivity contribution is -0.150. The number of methoxy groups -OCH3 is 1. The van der Waals surface area contributed by atoms with Crippen molar-refractivity contribution < 1.29 is 19.4 Å². The molecular formula is C28H31N5O4S. The van der Waals surface area contributed by atoms with Crippen molar-refractivity contribution in [3.8, 4) is 5.75 Å². The largest absolute Gasteiger partial charge is 0.496 e. The van der Waals surface area contributed by atoms with Gasteiger partial charge < -0.3 is 24.6 Å². The number of hydrogen-bond acceptors (Lipinski definition) is 7. The Morgan fingerprint density at radius 1 is 1.18 bits per heavy atom. The number of ether oxygens (including phenoxy) is 1. The Morgan fingerprint density at radius 3 is 2.63 bits per heavy atom. The number of H-pyrrole nitrogens is 1. The summed E-state index contributed by atoms with van der Waals surface area (Å²) in [4.78, 5) is 42.9. The predicted molar refractivity (Wildman–Crippen MR) is 147 cm³/mol. The van der Waals surface area contributed by atoms with Crippen LogP contribution >= 0.6 is 11.3 Å². The summed E-state index contributed by atoms with van der Waals surface area (Å²) in [6.07, 6.45) is 0.0749. The molecule has 5 rings (SSSR count). The number of aromatic amines is 1. The van der Waals surface area contributed by atoms with Gasteiger partial charge in [-0.05, 0) is 35.2 Å². The van der Waals surface area contributed by atoms with Crippen LogP contribution in [0.2, 0.25) is 0 Å². The molecule has 1 fully saturated rings. The van der Waals surface area contributed by atoms with Crippen LogP contribution in [0.15, 0.2) is 53.4 Å². The molecule has 0 saturated carbocycles. The summed E-state index contributed by atoms with van der Waals surface area (Å²) in [5, 5.41) is 12.5. The van der Waals surface area contributed by atoms with E-state index in [9.17, 15) is 14.7 Å². The Morgan fingerprint density at radius 2 is 1.97 bits per heavy atom. The van der Waals surface area contributed by atoms with Crippen LogP contribution in [0, 0.1) is 0 Å². The Balaban J connectivity index is 1.55. The molecule has 0 aliphatic carbocycles. The van der Waals surface area contributed by atoms with E-state index in [1.807, 2.05) is 40.6 Å². The number of benzene rings is 2. The van der Waals surface area contributed by atoms with Crippen molar-refractivity contribution in [2.24, 2.45) is 0 Å². The molecular weight excluding hydrogens is 502 g/mol. The maximum absolute atomic E-state index is 14.0. The summed E-state index contributed by atoms with van der Waals surface area (Å²) in [5.74, 6) is -0.258. The first kappa shape index (κ1) is 25.7. The first-order chi connectivity index (χ1) is 18.1. The van der Waals surface area contributed by atoms with Crippen molar-refractivity contribution in [2.45, 2.75) is 38.1 Å². The van der Waals surface area contributed by atoms with Crippen molar-refractivity contribution in [3.05, 3.63) is 70.2 Å². The van der Waals surface area contributed by atoms with Gasteiger partial charge in [0.2, 0.25) is 5.95 Å². The maximum Gasteiger partial charge on any atom is 0.331 e. The fourth-order valence-corrected chi connectivity index (χ4v) is 5.67. The number of hydrogen-bond donors (Lipinski definition) is 2. The number of aromatic nitrogens is 3. The predicted octanol–water partition coefficient (Wildman–Crippen LogP) is 4.35. The molecule has 4 aromatic rings. The van der Waals surface area contributed by atoms with E-state index in [4.69, 9.17) is 4.74 Å². The number of carboxylic acids is 1. The number of amides is 1. The van der Waals surface area contributed by atoms with Crippen LogP contribution in [-0.4, -0.2) is 69.1 Å². The van der Waals surface area contributed by atoms with Crippen LogP contribution in [-0.2, 0) is 16.6 Å². The van der Waals surface area contributed by atoms with Crippen LogP contribution in [0.3, 0.4) is 0 Å². The number of piperazine rings is 1. The zero-order valence-electron chi connectivity index (χ0n) is 21.9. The summed E-state index contributed by atoms with van der Waals surface area (Å²) in [5.41, 5.74) is 3.59. The molecule has 1 aliphatic rings. The summed E-state index contributed by atoms with van der Waals surface area (Å²) >= 11 is 1.40. The molecule has 3 heterocycles. The molecule has 10 heteroatoms. The van der Waals surface area contributed by atoms with Gasteiger partial charge >= 0.3 is 5.97 Å². The standard InChI is InChI=1S/C28H31N5O4S/c1-27(2,3)20-10-9-18(13-23(20)37-4)24(34)33-12-11-32(26-30-21-7-5-6-8-22(21)31-26)16-28(33,25(35)36)14-19-15-38-17-29-19/h5-10,13,15,17H,11-12,14,16H2,1-4H3,(H,30,31)(H,35,36). The monoisotopic (exact) mass is 533 g/mol. The van der Waals surface area contributed by atoms with Gasteiger partial charge in [0, 0.05) is 30.5 Å². The average Bonchev–Trinajstić information content (AvgIpc) is 3.57. The van der Waals surface area contributed by atoms with Crippen LogP contribution in [0.25, 0.3) is 11.0 Å². The molecule has 0 spiro atoms. The Labute approximate surface area is 225 Å². The van der Waals surface area contributed by atoms with E-state index in [0.29, 0.717) is 29.5 Å². The lowest BCUT2D eigenvalue weighted by atomic mass is 9.85. The lowest BCUT2D eigenvalue weighted by Gasteiger charge is -2.48. The van der Waals surface area contributed by atoms with E-state index in [0.717, 1.165) is 16.6 Å². The van der Waals surface area contributed by atoms with E-state index in [1.165, 1.54) is 16.2 Å². The van der Waals surface area contributed by atoms with Crippen molar-refractivity contribution in [2.75, 3.05) is 31.6 Å². The van der Waals surface area contributed by atoms with Crippen molar-refractivity contribution >= 4 is 40.2 Å². The van der Waals surface area contributed by atoms with Gasteiger partial charge in [0.15, 0.2) is 5.54 Å². The number of imidazole rings is 1. The number of carboxylic acid groups (broad SMARTS) is 1. The number of aliphatic carboxylic acids is 1. The lowest BCUT2D eigenvalue weighted by Crippen LogP contribution is -2.69. The maximum atomic E-state index is 14.0. The van der Waals surface area contributed by atoms with Gasteiger partial charge in [-0.3, -0.25) is 4.79 Å². The molecule has 2 aromatic carbocycles. The molecule has 1 amide bonds. The minimum atomic E-state index is -1.56. The highest BCUT2D eigenvalue weighted by Gasteiger charge is 2.51. The summed E-state index contributed by atoms with van der Waals surface area (Å²) in [7, 11) is 1.58. The quantitative estimate of drug-likeness (QED) is 0.379. The van der Waals surface area contributed by atoms with Crippen molar-refractivity contribution in [3.63, 3.8) is 0 Å². The molecule has 1 aliphatic heterocycles. The number of nitrogens with zero attached hydrogens (tertiary/aromatic N) is 4. The topological polar surface area (TPSA) is 112 Å². The normalized spacial score (nSPS) is 18.1. The van der Waals surface area contributed by atoms with Crippen molar-refractivity contribution in [1.29, 1.82) is 0 Å². The minimum absolute atomic E-state index is 0.0582. The van der Waals surface area contributed by atoms with Gasteiger partial charge in [-0.25, -0.2) is 14.8 Å². The van der Waals surface area contributed by atoms with Crippen LogP contribution in [0.1, 0.15) is 42.4 Å². The summed E-state index contributed by atoms with van der Waals surface area (Å²) < 4.78 is 5.62. The number of fused-ring (bicyclic) bond motifs is 1. The van der Waals surface area contributed by atoms with E-state index in [2.05, 4.69) is 35.7 Å². The molecule has 9 nitrogen and oxygen atoms in total. The third kappa shape index (κ3) is 4.60. The number of carbonyl (C=O) groups excluding carboxylic acids is 1. The van der Waals surface area contributed by atoms with Gasteiger partial charge in [0.05, 0.1) is 35.9 Å². The molecule has 2 N–H and O–H groups in total. The summed E-state index contributed by atoms with van der Waals surface area (Å²) in [6, 6.07) is 13.0. The minimum Gasteiger partial charge on any atom is -0.496 e. The highest BCUT2D eigenvalue weighted by Crippen LogP contribution is 2.35. The fourth-order valence-electron chi connectivity index (χ4n) is 5.11. The van der Waals surface area contributed by atoms with Gasteiger partial charge in [-0.2, -0.15) is 0 Å². The van der Waals surface area contributed by atoms with Gasteiger partial charge in [0.1, 0.15) is 5.75 Å². The molecule has 0 bridgehead atoms. The van der Waals surface area contributed by atoms with Crippen LogP contribution < -0.4 is 9.64 Å². The number of rotatable bonds is 6. The number of thiazole rings is 1. The van der Waals surface area contributed by atoms with Gasteiger partial charge in [0.25, 0.3) is 5.91 Å². The highest BCUT2D eigenvalue weighted by atomic mass is 32.1. The number of para-hydroxylation sites is 2. The second-order valence-corrected chi connectivity index (χ2v) is 11.3. The van der Waals surface area contributed by atoms with E-state index in [1.54, 1.807) is 24.8 Å². The smallest absolute Gasteiger partial charge is 0.331 e. The second-order valence-electron chi connectivity index (χ2n) is 10.6. The Bertz CT molecular complexity index is 1440. The molecule has 0 radical (unpaired) electrons. The Hall–Kier alpha value is -3.92. The van der Waals surface area contributed by atoms with Crippen LogP contribution in [0.4, 0.5) is 5.95 Å². The molecule has 1 saturated heterocycles. The average molecular weight is 534 g/mol. The second kappa shape index (κ2) is 9.75. The van der Waals surface area contributed by atoms with E-state index in [-0.39, 0.29) is 30.8 Å². The van der Waals surface area contributed by atoms with E-state index < -0.39 is 11.5 Å². The highest BCUT2D eigenvalue weighted by molar-refractivity contribution is 7.07.